The van der Waals surface area contributed by atoms with E-state index in [2.05, 4.69) is 39.9 Å². The van der Waals surface area contributed by atoms with Crippen LogP contribution in [0.2, 0.25) is 0 Å². The molecule has 0 amide bonds. The molecule has 0 bridgehead atoms. The first-order valence-corrected chi connectivity index (χ1v) is 12.2. The van der Waals surface area contributed by atoms with E-state index >= 15 is 0 Å². The maximum absolute atomic E-state index is 13.7. The number of halogens is 1. The van der Waals surface area contributed by atoms with Crippen molar-refractivity contribution in [2.75, 3.05) is 13.2 Å². The van der Waals surface area contributed by atoms with Crippen LogP contribution in [-0.2, 0) is 4.74 Å². The molecule has 178 valence electrons. The number of fused-ring (bicyclic) bond motifs is 3. The molecule has 1 N–H and O–H groups in total. The fourth-order valence-electron chi connectivity index (χ4n) is 5.45. The number of imidazole rings is 1. The van der Waals surface area contributed by atoms with Crippen LogP contribution in [0, 0.1) is 19.7 Å². The predicted molar refractivity (Wildman–Crippen MR) is 135 cm³/mol. The number of benzene rings is 2. The molecule has 2 aromatic carbocycles. The largest absolute Gasteiger partial charge is 0.381 e. The SMILES string of the molecule is Cc1n[nH]c(C)c1-c1ccc2c(c1)ncc1nc(C3CCOCC3)n([C@H](C)c3ccc(F)cc3)c12. The number of hydrogen-bond donors (Lipinski definition) is 1. The molecule has 0 unspecified atom stereocenters. The van der Waals surface area contributed by atoms with Gasteiger partial charge in [-0.25, -0.2) is 9.37 Å². The van der Waals surface area contributed by atoms with Crippen LogP contribution < -0.4 is 0 Å². The van der Waals surface area contributed by atoms with Gasteiger partial charge in [0.15, 0.2) is 0 Å². The van der Waals surface area contributed by atoms with Gasteiger partial charge in [0.2, 0.25) is 0 Å². The summed E-state index contributed by atoms with van der Waals surface area (Å²) in [5.41, 5.74) is 8.14. The molecule has 35 heavy (non-hydrogen) atoms. The lowest BCUT2D eigenvalue weighted by Gasteiger charge is -2.26. The highest BCUT2D eigenvalue weighted by Crippen LogP contribution is 2.37. The summed E-state index contributed by atoms with van der Waals surface area (Å²) in [6, 6.07) is 13.2. The Bertz CT molecular complexity index is 1510. The molecule has 0 aliphatic carbocycles. The first-order valence-electron chi connectivity index (χ1n) is 12.2. The quantitative estimate of drug-likeness (QED) is 0.339. The fourth-order valence-corrected chi connectivity index (χ4v) is 5.45. The Kier molecular flexibility index (Phi) is 5.37. The van der Waals surface area contributed by atoms with E-state index in [0.29, 0.717) is 5.92 Å². The van der Waals surface area contributed by atoms with Gasteiger partial charge in [-0.15, -0.1) is 0 Å². The molecule has 0 spiro atoms. The number of nitrogens with zero attached hydrogens (tertiary/aromatic N) is 4. The van der Waals surface area contributed by atoms with Crippen molar-refractivity contribution >= 4 is 21.9 Å². The number of H-pyrrole nitrogens is 1. The van der Waals surface area contributed by atoms with Crippen molar-refractivity contribution in [3.8, 4) is 11.1 Å². The predicted octanol–water partition coefficient (Wildman–Crippen LogP) is 6.23. The molecule has 6 nitrogen and oxygen atoms in total. The summed E-state index contributed by atoms with van der Waals surface area (Å²) in [5.74, 6) is 1.14. The monoisotopic (exact) mass is 469 g/mol. The van der Waals surface area contributed by atoms with Gasteiger partial charge in [-0.1, -0.05) is 24.3 Å². The number of nitrogens with one attached hydrogen (secondary N) is 1. The van der Waals surface area contributed by atoms with E-state index in [-0.39, 0.29) is 11.9 Å². The van der Waals surface area contributed by atoms with Gasteiger partial charge in [-0.3, -0.25) is 10.1 Å². The summed E-state index contributed by atoms with van der Waals surface area (Å²) in [6.45, 7) is 7.69. The van der Waals surface area contributed by atoms with Gasteiger partial charge in [0, 0.05) is 35.8 Å². The lowest BCUT2D eigenvalue weighted by Crippen LogP contribution is -2.20. The summed E-state index contributed by atoms with van der Waals surface area (Å²) >= 11 is 0. The minimum Gasteiger partial charge on any atom is -0.381 e. The lowest BCUT2D eigenvalue weighted by molar-refractivity contribution is 0.0828. The second kappa shape index (κ2) is 8.57. The lowest BCUT2D eigenvalue weighted by atomic mass is 9.98. The Morgan fingerprint density at radius 2 is 1.83 bits per heavy atom. The van der Waals surface area contributed by atoms with Crippen molar-refractivity contribution in [1.82, 2.24) is 24.7 Å². The van der Waals surface area contributed by atoms with Crippen molar-refractivity contribution in [3.05, 3.63) is 77.3 Å². The van der Waals surface area contributed by atoms with Crippen LogP contribution in [0.25, 0.3) is 33.1 Å². The molecule has 1 fully saturated rings. The molecule has 1 aliphatic heterocycles. The molecule has 6 rings (SSSR count). The summed E-state index contributed by atoms with van der Waals surface area (Å²) < 4.78 is 21.7. The topological polar surface area (TPSA) is 68.6 Å². The molecule has 0 radical (unpaired) electrons. The van der Waals surface area contributed by atoms with E-state index in [0.717, 1.165) is 81.9 Å². The van der Waals surface area contributed by atoms with E-state index < -0.39 is 0 Å². The standard InChI is InChI=1S/C28H28FN5O/c1-16-26(17(2)33-32-16)21-6-9-23-24(14-21)30-15-25-27(23)34(18(3)19-4-7-22(29)8-5-19)28(31-25)20-10-12-35-13-11-20/h4-9,14-15,18,20H,10-13H2,1-3H3,(H,32,33)/t18-/m1/s1. The Labute approximate surface area is 203 Å². The van der Waals surface area contributed by atoms with Gasteiger partial charge in [0.25, 0.3) is 0 Å². The van der Waals surface area contributed by atoms with Crippen LogP contribution in [0.15, 0.2) is 48.7 Å². The number of ether oxygens (including phenoxy) is 1. The van der Waals surface area contributed by atoms with Gasteiger partial charge >= 0.3 is 0 Å². The molecule has 4 heterocycles. The van der Waals surface area contributed by atoms with Gasteiger partial charge in [-0.2, -0.15) is 5.10 Å². The second-order valence-corrected chi connectivity index (χ2v) is 9.49. The van der Waals surface area contributed by atoms with Crippen molar-refractivity contribution in [2.24, 2.45) is 0 Å². The molecule has 0 saturated carbocycles. The zero-order valence-electron chi connectivity index (χ0n) is 20.2. The molecule has 5 aromatic rings. The van der Waals surface area contributed by atoms with Crippen LogP contribution >= 0.6 is 0 Å². The molecule has 3 aromatic heterocycles. The van der Waals surface area contributed by atoms with E-state index in [9.17, 15) is 4.39 Å². The average Bonchev–Trinajstić information content (AvgIpc) is 3.44. The van der Waals surface area contributed by atoms with Crippen LogP contribution in [0.4, 0.5) is 4.39 Å². The van der Waals surface area contributed by atoms with Crippen LogP contribution in [-0.4, -0.2) is 37.9 Å². The molecular formula is C28H28FN5O. The highest BCUT2D eigenvalue weighted by Gasteiger charge is 2.27. The molecular weight excluding hydrogens is 441 g/mol. The third kappa shape index (κ3) is 3.71. The molecule has 1 atom stereocenters. The summed E-state index contributed by atoms with van der Waals surface area (Å²) in [6.07, 6.45) is 3.76. The maximum atomic E-state index is 13.7. The third-order valence-corrected chi connectivity index (χ3v) is 7.29. The zero-order valence-corrected chi connectivity index (χ0v) is 20.2. The fraction of sp³-hybridized carbons (Fsp3) is 0.321. The second-order valence-electron chi connectivity index (χ2n) is 9.49. The number of rotatable bonds is 4. The number of aromatic amines is 1. The van der Waals surface area contributed by atoms with Crippen molar-refractivity contribution in [1.29, 1.82) is 0 Å². The van der Waals surface area contributed by atoms with E-state index in [1.54, 1.807) is 0 Å². The van der Waals surface area contributed by atoms with Crippen molar-refractivity contribution in [2.45, 2.75) is 45.6 Å². The smallest absolute Gasteiger partial charge is 0.123 e. The summed E-state index contributed by atoms with van der Waals surface area (Å²) in [5, 5.41) is 8.50. The first kappa shape index (κ1) is 21.9. The third-order valence-electron chi connectivity index (χ3n) is 7.29. The number of hydrogen-bond acceptors (Lipinski definition) is 4. The maximum Gasteiger partial charge on any atom is 0.123 e. The Morgan fingerprint density at radius 1 is 1.06 bits per heavy atom. The van der Waals surface area contributed by atoms with Gasteiger partial charge in [0.05, 0.1) is 29.0 Å². The highest BCUT2D eigenvalue weighted by atomic mass is 19.1. The van der Waals surface area contributed by atoms with Gasteiger partial charge in [0.1, 0.15) is 17.2 Å². The van der Waals surface area contributed by atoms with Crippen LogP contribution in [0.3, 0.4) is 0 Å². The van der Waals surface area contributed by atoms with Crippen LogP contribution in [0.5, 0.6) is 0 Å². The highest BCUT2D eigenvalue weighted by molar-refractivity contribution is 6.03. The number of pyridine rings is 1. The van der Waals surface area contributed by atoms with Crippen molar-refractivity contribution in [3.63, 3.8) is 0 Å². The van der Waals surface area contributed by atoms with E-state index in [1.165, 1.54) is 12.1 Å². The number of aryl methyl sites for hydroxylation is 2. The molecule has 1 saturated heterocycles. The van der Waals surface area contributed by atoms with Crippen molar-refractivity contribution < 1.29 is 9.13 Å². The Morgan fingerprint density at radius 3 is 2.54 bits per heavy atom. The van der Waals surface area contributed by atoms with E-state index in [4.69, 9.17) is 14.7 Å². The van der Waals surface area contributed by atoms with Gasteiger partial charge < -0.3 is 9.30 Å². The van der Waals surface area contributed by atoms with Gasteiger partial charge in [-0.05, 0) is 62.9 Å². The normalized spacial score (nSPS) is 15.8. The summed E-state index contributed by atoms with van der Waals surface area (Å²) in [4.78, 5) is 9.91. The first-order chi connectivity index (χ1) is 17.0. The number of aromatic nitrogens is 5. The zero-order chi connectivity index (χ0) is 24.1. The average molecular weight is 470 g/mol. The Balaban J connectivity index is 1.58. The minimum atomic E-state index is -0.229. The molecule has 7 heteroatoms. The minimum absolute atomic E-state index is 0.0120. The van der Waals surface area contributed by atoms with Crippen LogP contribution in [0.1, 0.15) is 54.5 Å². The van der Waals surface area contributed by atoms with E-state index in [1.807, 2.05) is 32.2 Å². The molecule has 1 aliphatic rings. The summed E-state index contributed by atoms with van der Waals surface area (Å²) in [7, 11) is 0. The Hall–Kier alpha value is -3.58.